The normalized spacial score (nSPS) is 11.0. The van der Waals surface area contributed by atoms with Gasteiger partial charge >= 0.3 is 0 Å². The molecule has 0 saturated carbocycles. The number of rotatable bonds is 6. The van der Waals surface area contributed by atoms with Gasteiger partial charge in [0.15, 0.2) is 5.13 Å². The van der Waals surface area contributed by atoms with Gasteiger partial charge < -0.3 is 4.74 Å². The van der Waals surface area contributed by atoms with Crippen LogP contribution in [0.25, 0.3) is 0 Å². The minimum atomic E-state index is -3.85. The van der Waals surface area contributed by atoms with Crippen molar-refractivity contribution in [3.05, 3.63) is 65.7 Å². The Bertz CT molecular complexity index is 1000. The van der Waals surface area contributed by atoms with Crippen molar-refractivity contribution in [2.24, 2.45) is 0 Å². The minimum absolute atomic E-state index is 0.0634. The van der Waals surface area contributed by atoms with Gasteiger partial charge in [-0.15, -0.1) is 11.3 Å². The highest BCUT2D eigenvalue weighted by Gasteiger charge is 2.19. The van der Waals surface area contributed by atoms with Gasteiger partial charge in [-0.2, -0.15) is 0 Å². The first-order valence-electron chi connectivity index (χ1n) is 7.46. The predicted molar refractivity (Wildman–Crippen MR) is 100 cm³/mol. The predicted octanol–water partition coefficient (Wildman–Crippen LogP) is 3.20. The molecule has 0 radical (unpaired) electrons. The van der Waals surface area contributed by atoms with Crippen LogP contribution in [0.3, 0.4) is 0 Å². The maximum Gasteiger partial charge on any atom is 0.261 e. The lowest BCUT2D eigenvalue weighted by Crippen LogP contribution is -2.18. The molecule has 134 valence electrons. The molecule has 26 heavy (non-hydrogen) atoms. The van der Waals surface area contributed by atoms with Gasteiger partial charge in [-0.05, 0) is 36.4 Å². The van der Waals surface area contributed by atoms with E-state index in [-0.39, 0.29) is 16.1 Å². The van der Waals surface area contributed by atoms with Gasteiger partial charge in [-0.1, -0.05) is 12.1 Å². The monoisotopic (exact) mass is 389 g/mol. The molecule has 3 aromatic rings. The maximum atomic E-state index is 12.6. The molecule has 1 heterocycles. The highest BCUT2D eigenvalue weighted by atomic mass is 32.2. The number of benzene rings is 2. The van der Waals surface area contributed by atoms with Crippen molar-refractivity contribution >= 4 is 38.1 Å². The van der Waals surface area contributed by atoms with E-state index in [0.29, 0.717) is 10.9 Å². The Morgan fingerprint density at radius 3 is 2.50 bits per heavy atom. The molecule has 0 unspecified atom stereocenters. The van der Waals surface area contributed by atoms with E-state index in [1.807, 2.05) is 0 Å². The van der Waals surface area contributed by atoms with E-state index in [4.69, 9.17) is 4.74 Å². The number of methoxy groups -OCH3 is 1. The quantitative estimate of drug-likeness (QED) is 0.675. The van der Waals surface area contributed by atoms with Crippen LogP contribution in [0.4, 0.5) is 10.8 Å². The molecule has 3 rings (SSSR count). The van der Waals surface area contributed by atoms with Crippen LogP contribution >= 0.6 is 11.3 Å². The zero-order valence-electron chi connectivity index (χ0n) is 13.7. The maximum absolute atomic E-state index is 12.6. The third-order valence-corrected chi connectivity index (χ3v) is 5.51. The number of hydrogen-bond donors (Lipinski definition) is 2. The van der Waals surface area contributed by atoms with Crippen LogP contribution in [0.15, 0.2) is 65.0 Å². The van der Waals surface area contributed by atoms with Gasteiger partial charge in [0.1, 0.15) is 5.75 Å². The van der Waals surface area contributed by atoms with Crippen LogP contribution < -0.4 is 14.8 Å². The Balaban J connectivity index is 1.86. The topological polar surface area (TPSA) is 97.4 Å². The summed E-state index contributed by atoms with van der Waals surface area (Å²) in [6.07, 6.45) is 1.57. The molecule has 0 aliphatic rings. The molecule has 9 heteroatoms. The van der Waals surface area contributed by atoms with E-state index in [1.165, 1.54) is 42.7 Å². The summed E-state index contributed by atoms with van der Waals surface area (Å²) in [6.45, 7) is 0. The van der Waals surface area contributed by atoms with Crippen molar-refractivity contribution in [1.29, 1.82) is 0 Å². The van der Waals surface area contributed by atoms with Crippen LogP contribution in [-0.2, 0) is 10.0 Å². The number of anilines is 2. The van der Waals surface area contributed by atoms with E-state index in [0.717, 1.165) is 0 Å². The first-order valence-corrected chi connectivity index (χ1v) is 9.82. The number of sulfonamides is 1. The molecular formula is C17H15N3O4S2. The molecule has 0 bridgehead atoms. The fraction of sp³-hybridized carbons (Fsp3) is 0.0588. The van der Waals surface area contributed by atoms with Crippen LogP contribution in [0.5, 0.6) is 5.75 Å². The van der Waals surface area contributed by atoms with E-state index >= 15 is 0 Å². The summed E-state index contributed by atoms with van der Waals surface area (Å²) in [6, 6.07) is 12.3. The summed E-state index contributed by atoms with van der Waals surface area (Å²) in [4.78, 5) is 16.5. The molecule has 2 aromatic carbocycles. The number of ether oxygens (including phenoxy) is 1. The summed E-state index contributed by atoms with van der Waals surface area (Å²) in [5, 5.41) is 4.80. The Hall–Kier alpha value is -2.91. The van der Waals surface area contributed by atoms with E-state index in [1.54, 1.807) is 35.8 Å². The van der Waals surface area contributed by atoms with Gasteiger partial charge in [0.2, 0.25) is 0 Å². The number of hydrogen-bond acceptors (Lipinski definition) is 6. The number of nitrogens with one attached hydrogen (secondary N) is 2. The van der Waals surface area contributed by atoms with Crippen molar-refractivity contribution in [3.8, 4) is 5.75 Å². The Morgan fingerprint density at radius 1 is 1.12 bits per heavy atom. The molecule has 7 nitrogen and oxygen atoms in total. The molecule has 0 fully saturated rings. The van der Waals surface area contributed by atoms with Crippen molar-refractivity contribution in [2.45, 2.75) is 4.90 Å². The second-order valence-electron chi connectivity index (χ2n) is 5.12. The molecule has 1 aromatic heterocycles. The second kappa shape index (κ2) is 7.54. The molecule has 2 N–H and O–H groups in total. The summed E-state index contributed by atoms with van der Waals surface area (Å²) >= 11 is 1.27. The number of thiazole rings is 1. The highest BCUT2D eigenvalue weighted by Crippen LogP contribution is 2.23. The van der Waals surface area contributed by atoms with Gasteiger partial charge in [0.25, 0.3) is 15.9 Å². The first kappa shape index (κ1) is 17.9. The third kappa shape index (κ3) is 4.01. The van der Waals surface area contributed by atoms with Gasteiger partial charge in [-0.25, -0.2) is 13.4 Å². The molecule has 1 amide bonds. The minimum Gasteiger partial charge on any atom is -0.497 e. The molecule has 0 aliphatic heterocycles. The van der Waals surface area contributed by atoms with E-state index < -0.39 is 15.9 Å². The van der Waals surface area contributed by atoms with Crippen LogP contribution in [0.2, 0.25) is 0 Å². The summed E-state index contributed by atoms with van der Waals surface area (Å²) in [7, 11) is -2.36. The lowest BCUT2D eigenvalue weighted by molar-refractivity contribution is 0.102. The van der Waals surface area contributed by atoms with Crippen molar-refractivity contribution in [1.82, 2.24) is 4.98 Å². The molecular weight excluding hydrogens is 374 g/mol. The fourth-order valence-electron chi connectivity index (χ4n) is 2.18. The van der Waals surface area contributed by atoms with Crippen LogP contribution in [0.1, 0.15) is 10.4 Å². The summed E-state index contributed by atoms with van der Waals surface area (Å²) in [5.41, 5.74) is 0.372. The third-order valence-electron chi connectivity index (χ3n) is 3.44. The van der Waals surface area contributed by atoms with Crippen molar-refractivity contribution in [3.63, 3.8) is 0 Å². The summed E-state index contributed by atoms with van der Waals surface area (Å²) < 4.78 is 32.7. The number of amides is 1. The zero-order valence-corrected chi connectivity index (χ0v) is 15.3. The first-order chi connectivity index (χ1) is 12.5. The standard InChI is InChI=1S/C17H15N3O4S2/c1-24-12-6-8-13(9-7-12)26(22,23)20-15-5-3-2-4-14(15)16(21)19-17-18-10-11-25-17/h2-11,20H,1H3,(H,18,19,21). The zero-order chi connectivity index (χ0) is 18.6. The number of nitrogens with zero attached hydrogens (tertiary/aromatic N) is 1. The largest absolute Gasteiger partial charge is 0.497 e. The number of carbonyl (C=O) groups excluding carboxylic acids is 1. The molecule has 0 atom stereocenters. The van der Waals surface area contributed by atoms with E-state index in [2.05, 4.69) is 15.0 Å². The Labute approximate surface area is 154 Å². The van der Waals surface area contributed by atoms with Crippen LogP contribution in [-0.4, -0.2) is 26.4 Å². The highest BCUT2D eigenvalue weighted by molar-refractivity contribution is 7.92. The van der Waals surface area contributed by atoms with Crippen LogP contribution in [0, 0.1) is 0 Å². The van der Waals surface area contributed by atoms with E-state index in [9.17, 15) is 13.2 Å². The Kier molecular flexibility index (Phi) is 5.19. The molecule has 0 saturated heterocycles. The van der Waals surface area contributed by atoms with Crippen molar-refractivity contribution in [2.75, 3.05) is 17.1 Å². The number of aromatic nitrogens is 1. The second-order valence-corrected chi connectivity index (χ2v) is 7.69. The number of para-hydroxylation sites is 1. The number of carbonyl (C=O) groups is 1. The van der Waals surface area contributed by atoms with Gasteiger partial charge in [-0.3, -0.25) is 14.8 Å². The lowest BCUT2D eigenvalue weighted by atomic mass is 10.2. The fourth-order valence-corrected chi connectivity index (χ4v) is 3.78. The average molecular weight is 389 g/mol. The van der Waals surface area contributed by atoms with Gasteiger partial charge in [0, 0.05) is 11.6 Å². The van der Waals surface area contributed by atoms with Crippen molar-refractivity contribution < 1.29 is 17.9 Å². The SMILES string of the molecule is COc1ccc(S(=O)(=O)Nc2ccccc2C(=O)Nc2nccs2)cc1. The Morgan fingerprint density at radius 2 is 1.85 bits per heavy atom. The average Bonchev–Trinajstić information content (AvgIpc) is 3.15. The summed E-state index contributed by atoms with van der Waals surface area (Å²) in [5.74, 6) is 0.0974. The molecule has 0 aliphatic carbocycles. The molecule has 0 spiro atoms. The van der Waals surface area contributed by atoms with Gasteiger partial charge in [0.05, 0.1) is 23.3 Å². The smallest absolute Gasteiger partial charge is 0.261 e. The lowest BCUT2D eigenvalue weighted by Gasteiger charge is -2.12.